The SMILES string of the molecule is CN(C(=O)OC(C)(C)C)C1CCCN(C(=O)C2COc3ccccc3O2)C1. The van der Waals surface area contributed by atoms with E-state index in [1.807, 2.05) is 39.0 Å². The number of piperidine rings is 1. The summed E-state index contributed by atoms with van der Waals surface area (Å²) in [5.74, 6) is 1.14. The molecule has 2 amide bonds. The topological polar surface area (TPSA) is 68.3 Å². The second kappa shape index (κ2) is 7.66. The number of hydrogen-bond acceptors (Lipinski definition) is 5. The van der Waals surface area contributed by atoms with Crippen LogP contribution in [0.15, 0.2) is 24.3 Å². The molecule has 1 saturated heterocycles. The lowest BCUT2D eigenvalue weighted by Gasteiger charge is -2.39. The highest BCUT2D eigenvalue weighted by molar-refractivity contribution is 5.82. The standard InChI is InChI=1S/C20H28N2O5/c1-20(2,3)27-19(24)21(4)14-8-7-11-22(12-14)18(23)17-13-25-15-9-5-6-10-16(15)26-17/h5-6,9-10,14,17H,7-8,11-13H2,1-4H3. The number of hydrogen-bond donors (Lipinski definition) is 0. The van der Waals surface area contributed by atoms with Crippen LogP contribution in [0.5, 0.6) is 11.5 Å². The van der Waals surface area contributed by atoms with Crippen LogP contribution in [0.1, 0.15) is 33.6 Å². The first kappa shape index (κ1) is 19.3. The van der Waals surface area contributed by atoms with Crippen LogP contribution in [-0.2, 0) is 9.53 Å². The van der Waals surface area contributed by atoms with Gasteiger partial charge in [-0.2, -0.15) is 0 Å². The van der Waals surface area contributed by atoms with Gasteiger partial charge in [0.1, 0.15) is 12.2 Å². The number of nitrogens with zero attached hydrogens (tertiary/aromatic N) is 2. The van der Waals surface area contributed by atoms with E-state index in [1.54, 1.807) is 22.9 Å². The smallest absolute Gasteiger partial charge is 0.410 e. The van der Waals surface area contributed by atoms with Crippen molar-refractivity contribution in [3.05, 3.63) is 24.3 Å². The number of amides is 2. The number of rotatable bonds is 2. The fourth-order valence-corrected chi connectivity index (χ4v) is 3.30. The Morgan fingerprint density at radius 2 is 1.93 bits per heavy atom. The van der Waals surface area contributed by atoms with Gasteiger partial charge < -0.3 is 24.0 Å². The molecule has 3 rings (SSSR count). The van der Waals surface area contributed by atoms with Gasteiger partial charge in [-0.25, -0.2) is 4.79 Å². The first-order chi connectivity index (χ1) is 12.7. The molecule has 0 bridgehead atoms. The van der Waals surface area contributed by atoms with Gasteiger partial charge in [-0.3, -0.25) is 4.79 Å². The number of likely N-dealkylation sites (tertiary alicyclic amines) is 1. The molecule has 0 spiro atoms. The van der Waals surface area contributed by atoms with E-state index in [0.29, 0.717) is 24.6 Å². The van der Waals surface area contributed by atoms with E-state index in [-0.39, 0.29) is 24.6 Å². The normalized spacial score (nSPS) is 22.1. The van der Waals surface area contributed by atoms with E-state index in [2.05, 4.69) is 0 Å². The summed E-state index contributed by atoms with van der Waals surface area (Å²) < 4.78 is 16.9. The largest absolute Gasteiger partial charge is 0.485 e. The van der Waals surface area contributed by atoms with E-state index in [9.17, 15) is 9.59 Å². The van der Waals surface area contributed by atoms with Crippen LogP contribution in [0.2, 0.25) is 0 Å². The summed E-state index contributed by atoms with van der Waals surface area (Å²) in [6, 6.07) is 7.26. The van der Waals surface area contributed by atoms with E-state index in [1.165, 1.54) is 0 Å². The molecule has 2 aliphatic heterocycles. The van der Waals surface area contributed by atoms with E-state index in [0.717, 1.165) is 12.8 Å². The van der Waals surface area contributed by atoms with E-state index in [4.69, 9.17) is 14.2 Å². The van der Waals surface area contributed by atoms with Crippen molar-refractivity contribution in [1.29, 1.82) is 0 Å². The number of likely N-dealkylation sites (N-methyl/N-ethyl adjacent to an activating group) is 1. The van der Waals surface area contributed by atoms with Crippen molar-refractivity contribution in [2.45, 2.75) is 51.4 Å². The number of carbonyl (C=O) groups is 2. The van der Waals surface area contributed by atoms with Crippen molar-refractivity contribution in [3.8, 4) is 11.5 Å². The molecule has 2 atom stereocenters. The van der Waals surface area contributed by atoms with Crippen molar-refractivity contribution in [1.82, 2.24) is 9.80 Å². The maximum Gasteiger partial charge on any atom is 0.410 e. The Bertz CT molecular complexity index is 700. The Balaban J connectivity index is 1.61. The van der Waals surface area contributed by atoms with Crippen LogP contribution in [0, 0.1) is 0 Å². The molecule has 0 aromatic heterocycles. The van der Waals surface area contributed by atoms with Crippen molar-refractivity contribution in [2.75, 3.05) is 26.7 Å². The van der Waals surface area contributed by atoms with Crippen LogP contribution in [0.25, 0.3) is 0 Å². The lowest BCUT2D eigenvalue weighted by atomic mass is 10.0. The summed E-state index contributed by atoms with van der Waals surface area (Å²) >= 11 is 0. The van der Waals surface area contributed by atoms with Crippen molar-refractivity contribution < 1.29 is 23.8 Å². The maximum atomic E-state index is 12.9. The summed E-state index contributed by atoms with van der Waals surface area (Å²) in [4.78, 5) is 28.6. The van der Waals surface area contributed by atoms with Gasteiger partial charge in [0, 0.05) is 20.1 Å². The minimum absolute atomic E-state index is 0.0747. The highest BCUT2D eigenvalue weighted by atomic mass is 16.6. The molecule has 2 aliphatic rings. The molecule has 148 valence electrons. The van der Waals surface area contributed by atoms with Crippen molar-refractivity contribution in [2.24, 2.45) is 0 Å². The molecule has 7 nitrogen and oxygen atoms in total. The lowest BCUT2D eigenvalue weighted by molar-refractivity contribution is -0.143. The quantitative estimate of drug-likeness (QED) is 0.794. The number of para-hydroxylation sites is 2. The molecular formula is C20H28N2O5. The van der Waals surface area contributed by atoms with Crippen LogP contribution in [0.4, 0.5) is 4.79 Å². The third-order valence-electron chi connectivity index (χ3n) is 4.72. The average molecular weight is 376 g/mol. The van der Waals surface area contributed by atoms with Crippen LogP contribution in [0.3, 0.4) is 0 Å². The molecular weight excluding hydrogens is 348 g/mol. The first-order valence-electron chi connectivity index (χ1n) is 9.37. The summed E-state index contributed by atoms with van der Waals surface area (Å²) in [7, 11) is 1.73. The second-order valence-electron chi connectivity index (χ2n) is 8.04. The molecule has 2 heterocycles. The molecule has 1 aromatic rings. The molecule has 27 heavy (non-hydrogen) atoms. The van der Waals surface area contributed by atoms with E-state index >= 15 is 0 Å². The van der Waals surface area contributed by atoms with Gasteiger partial charge in [-0.15, -0.1) is 0 Å². The Morgan fingerprint density at radius 3 is 2.63 bits per heavy atom. The molecule has 0 aliphatic carbocycles. The zero-order chi connectivity index (χ0) is 19.6. The predicted octanol–water partition coefficient (Wildman–Crippen LogP) is 2.68. The highest BCUT2D eigenvalue weighted by Crippen LogP contribution is 2.31. The van der Waals surface area contributed by atoms with Crippen molar-refractivity contribution in [3.63, 3.8) is 0 Å². The molecule has 2 unspecified atom stereocenters. The Kier molecular flexibility index (Phi) is 5.48. The first-order valence-corrected chi connectivity index (χ1v) is 9.37. The van der Waals surface area contributed by atoms with Gasteiger partial charge in [0.25, 0.3) is 5.91 Å². The molecule has 1 fully saturated rings. The summed E-state index contributed by atoms with van der Waals surface area (Å²) in [6.45, 7) is 6.84. The summed E-state index contributed by atoms with van der Waals surface area (Å²) in [5, 5.41) is 0. The van der Waals surface area contributed by atoms with Crippen LogP contribution < -0.4 is 9.47 Å². The van der Waals surface area contributed by atoms with Crippen LogP contribution >= 0.6 is 0 Å². The van der Waals surface area contributed by atoms with E-state index < -0.39 is 11.7 Å². The number of benzene rings is 1. The number of ether oxygens (including phenoxy) is 3. The monoisotopic (exact) mass is 376 g/mol. The van der Waals surface area contributed by atoms with Crippen molar-refractivity contribution >= 4 is 12.0 Å². The van der Waals surface area contributed by atoms with Gasteiger partial charge in [-0.05, 0) is 45.7 Å². The number of carbonyl (C=O) groups excluding carboxylic acids is 2. The summed E-state index contributed by atoms with van der Waals surface area (Å²) in [5.41, 5.74) is -0.545. The minimum Gasteiger partial charge on any atom is -0.485 e. The molecule has 7 heteroatoms. The zero-order valence-electron chi connectivity index (χ0n) is 16.4. The third-order valence-corrected chi connectivity index (χ3v) is 4.72. The molecule has 0 saturated carbocycles. The fourth-order valence-electron chi connectivity index (χ4n) is 3.30. The molecule has 0 radical (unpaired) electrons. The zero-order valence-corrected chi connectivity index (χ0v) is 16.4. The second-order valence-corrected chi connectivity index (χ2v) is 8.04. The molecule has 1 aromatic carbocycles. The van der Waals surface area contributed by atoms with Gasteiger partial charge >= 0.3 is 6.09 Å². The fraction of sp³-hybridized carbons (Fsp3) is 0.600. The van der Waals surface area contributed by atoms with Gasteiger partial charge in [-0.1, -0.05) is 12.1 Å². The average Bonchev–Trinajstić information content (AvgIpc) is 2.65. The Morgan fingerprint density at radius 1 is 1.22 bits per heavy atom. The Labute approximate surface area is 160 Å². The van der Waals surface area contributed by atoms with Gasteiger partial charge in [0.2, 0.25) is 6.10 Å². The number of fused-ring (bicyclic) bond motifs is 1. The highest BCUT2D eigenvalue weighted by Gasteiger charge is 2.36. The maximum absolute atomic E-state index is 12.9. The lowest BCUT2D eigenvalue weighted by Crippen LogP contribution is -2.55. The predicted molar refractivity (Wildman–Crippen MR) is 100.0 cm³/mol. The van der Waals surface area contributed by atoms with Gasteiger partial charge in [0.15, 0.2) is 11.5 Å². The van der Waals surface area contributed by atoms with Gasteiger partial charge in [0.05, 0.1) is 6.04 Å². The summed E-state index contributed by atoms with van der Waals surface area (Å²) in [6.07, 6.45) is 0.636. The third kappa shape index (κ3) is 4.64. The molecule has 0 N–H and O–H groups in total. The Hall–Kier alpha value is -2.44. The minimum atomic E-state index is -0.662. The van der Waals surface area contributed by atoms with Crippen LogP contribution in [-0.4, -0.2) is 66.3 Å².